The zero-order valence-corrected chi connectivity index (χ0v) is 39.6. The molecule has 8 unspecified atom stereocenters. The van der Waals surface area contributed by atoms with Crippen molar-refractivity contribution in [2.24, 2.45) is 23.7 Å². The summed E-state index contributed by atoms with van der Waals surface area (Å²) in [5.41, 5.74) is 0.920. The number of carbonyl (C=O) groups excluding carboxylic acids is 5. The van der Waals surface area contributed by atoms with Crippen LogP contribution in [0.5, 0.6) is 0 Å². The van der Waals surface area contributed by atoms with Crippen LogP contribution in [-0.4, -0.2) is 160 Å². The predicted molar refractivity (Wildman–Crippen MR) is 238 cm³/mol. The SMILES string of the molecule is CCC(C)C(C(CC(=O)N1CCCC1C(OC)C(C)C(=O)NC(Cc1ccccc1)C(=O)NCCN(C)C)OC)N(C)C(=O)[C@@H](NC(=O)C(C(C)C)N(C)C(C)C)C(C)C. The van der Waals surface area contributed by atoms with E-state index in [1.54, 1.807) is 38.0 Å². The van der Waals surface area contributed by atoms with Crippen LogP contribution < -0.4 is 16.0 Å². The van der Waals surface area contributed by atoms with Crippen LogP contribution in [0.3, 0.4) is 0 Å². The first-order valence-electron chi connectivity index (χ1n) is 22.1. The molecule has 60 heavy (non-hydrogen) atoms. The van der Waals surface area contributed by atoms with E-state index in [2.05, 4.69) is 16.0 Å². The fourth-order valence-corrected chi connectivity index (χ4v) is 8.45. The molecule has 0 saturated carbocycles. The van der Waals surface area contributed by atoms with E-state index in [-0.39, 0.29) is 65.8 Å². The Labute approximate surface area is 362 Å². The number of nitrogens with zero attached hydrogens (tertiary/aromatic N) is 4. The highest BCUT2D eigenvalue weighted by Crippen LogP contribution is 2.30. The van der Waals surface area contributed by atoms with Gasteiger partial charge >= 0.3 is 0 Å². The summed E-state index contributed by atoms with van der Waals surface area (Å²) in [4.78, 5) is 77.4. The molecule has 1 aromatic rings. The smallest absolute Gasteiger partial charge is 0.245 e. The highest BCUT2D eigenvalue weighted by Gasteiger charge is 2.43. The minimum absolute atomic E-state index is 0.0101. The molecule has 0 radical (unpaired) electrons. The molecule has 0 bridgehead atoms. The van der Waals surface area contributed by atoms with Crippen LogP contribution in [-0.2, 0) is 39.9 Å². The van der Waals surface area contributed by atoms with Crippen molar-refractivity contribution in [1.82, 2.24) is 35.6 Å². The molecule has 1 fully saturated rings. The van der Waals surface area contributed by atoms with Gasteiger partial charge in [0.2, 0.25) is 29.5 Å². The lowest BCUT2D eigenvalue weighted by molar-refractivity contribution is -0.148. The zero-order chi connectivity index (χ0) is 45.4. The van der Waals surface area contributed by atoms with Gasteiger partial charge in [-0.05, 0) is 71.1 Å². The van der Waals surface area contributed by atoms with Crippen molar-refractivity contribution in [2.75, 3.05) is 62.0 Å². The summed E-state index contributed by atoms with van der Waals surface area (Å²) in [6.07, 6.45) is 1.16. The highest BCUT2D eigenvalue weighted by molar-refractivity contribution is 5.91. The van der Waals surface area contributed by atoms with Gasteiger partial charge in [-0.25, -0.2) is 0 Å². The van der Waals surface area contributed by atoms with Crippen molar-refractivity contribution in [1.29, 1.82) is 0 Å². The van der Waals surface area contributed by atoms with Gasteiger partial charge in [0.05, 0.1) is 42.7 Å². The zero-order valence-electron chi connectivity index (χ0n) is 39.6. The van der Waals surface area contributed by atoms with E-state index in [0.29, 0.717) is 32.5 Å². The predicted octanol–water partition coefficient (Wildman–Crippen LogP) is 3.82. The largest absolute Gasteiger partial charge is 0.379 e. The first-order chi connectivity index (χ1) is 28.2. The fraction of sp³-hybridized carbons (Fsp3) is 0.761. The second-order valence-electron chi connectivity index (χ2n) is 18.1. The van der Waals surface area contributed by atoms with Gasteiger partial charge in [-0.15, -0.1) is 0 Å². The van der Waals surface area contributed by atoms with E-state index in [9.17, 15) is 24.0 Å². The number of hydrogen-bond donors (Lipinski definition) is 3. The summed E-state index contributed by atoms with van der Waals surface area (Å²) in [5.74, 6) is -2.06. The number of rotatable bonds is 25. The number of carbonyl (C=O) groups is 5. The molecule has 0 aromatic heterocycles. The highest BCUT2D eigenvalue weighted by atomic mass is 16.5. The van der Waals surface area contributed by atoms with Crippen molar-refractivity contribution in [3.8, 4) is 0 Å². The number of hydrogen-bond acceptors (Lipinski definition) is 9. The van der Waals surface area contributed by atoms with Crippen molar-refractivity contribution >= 4 is 29.5 Å². The van der Waals surface area contributed by atoms with Crippen LogP contribution >= 0.6 is 0 Å². The lowest BCUT2D eigenvalue weighted by Gasteiger charge is -2.41. The van der Waals surface area contributed by atoms with Gasteiger partial charge in [-0.2, -0.15) is 0 Å². The Hall–Kier alpha value is -3.59. The summed E-state index contributed by atoms with van der Waals surface area (Å²) >= 11 is 0. The maximum absolute atomic E-state index is 14.4. The lowest BCUT2D eigenvalue weighted by atomic mass is 9.89. The normalized spacial score (nSPS) is 18.5. The molecule has 1 aliphatic rings. The molecule has 14 heteroatoms. The van der Waals surface area contributed by atoms with E-state index in [1.807, 2.05) is 117 Å². The van der Waals surface area contributed by atoms with Gasteiger partial charge in [0.15, 0.2) is 0 Å². The molecule has 5 amide bonds. The van der Waals surface area contributed by atoms with E-state index in [1.165, 1.54) is 0 Å². The number of amides is 5. The third-order valence-corrected chi connectivity index (χ3v) is 12.4. The van der Waals surface area contributed by atoms with Crippen molar-refractivity contribution in [3.05, 3.63) is 35.9 Å². The Morgan fingerprint density at radius 3 is 1.98 bits per heavy atom. The molecule has 2 rings (SSSR count). The number of nitrogens with one attached hydrogen (secondary N) is 3. The topological polar surface area (TPSA) is 153 Å². The number of benzene rings is 1. The minimum atomic E-state index is -0.801. The molecule has 14 nitrogen and oxygen atoms in total. The third-order valence-electron chi connectivity index (χ3n) is 12.4. The number of ether oxygens (including phenoxy) is 2. The van der Waals surface area contributed by atoms with Gasteiger partial charge in [0, 0.05) is 53.4 Å². The molecule has 1 heterocycles. The van der Waals surface area contributed by atoms with Crippen molar-refractivity contribution in [2.45, 2.75) is 143 Å². The summed E-state index contributed by atoms with van der Waals surface area (Å²) in [5, 5.41) is 9.06. The molecular formula is C46H81N7O7. The Kier molecular flexibility index (Phi) is 22.2. The second-order valence-corrected chi connectivity index (χ2v) is 18.1. The van der Waals surface area contributed by atoms with Crippen LogP contribution in [0.15, 0.2) is 30.3 Å². The van der Waals surface area contributed by atoms with E-state index in [4.69, 9.17) is 9.47 Å². The van der Waals surface area contributed by atoms with Gasteiger partial charge in [0.1, 0.15) is 12.1 Å². The third kappa shape index (κ3) is 14.8. The minimum Gasteiger partial charge on any atom is -0.379 e. The van der Waals surface area contributed by atoms with Gasteiger partial charge < -0.3 is 40.1 Å². The van der Waals surface area contributed by atoms with Crippen LogP contribution in [0, 0.1) is 23.7 Å². The van der Waals surface area contributed by atoms with Gasteiger partial charge in [-0.3, -0.25) is 28.9 Å². The first-order valence-corrected chi connectivity index (χ1v) is 22.1. The van der Waals surface area contributed by atoms with Crippen molar-refractivity contribution in [3.63, 3.8) is 0 Å². The van der Waals surface area contributed by atoms with Crippen molar-refractivity contribution < 1.29 is 33.4 Å². The number of likely N-dealkylation sites (N-methyl/N-ethyl adjacent to an activating group) is 3. The summed E-state index contributed by atoms with van der Waals surface area (Å²) in [7, 11) is 10.6. The number of methoxy groups -OCH3 is 2. The summed E-state index contributed by atoms with van der Waals surface area (Å²) < 4.78 is 12.1. The lowest BCUT2D eigenvalue weighted by Crippen LogP contribution is -2.60. The molecule has 1 aliphatic heterocycles. The second kappa shape index (κ2) is 25.4. The number of likely N-dealkylation sites (tertiary alicyclic amines) is 1. The molecule has 0 spiro atoms. The fourth-order valence-electron chi connectivity index (χ4n) is 8.45. The Morgan fingerprint density at radius 1 is 0.833 bits per heavy atom. The molecule has 1 aromatic carbocycles. The van der Waals surface area contributed by atoms with Crippen LogP contribution in [0.2, 0.25) is 0 Å². The summed E-state index contributed by atoms with van der Waals surface area (Å²) in [6, 6.07) is 6.86. The average molecular weight is 844 g/mol. The average Bonchev–Trinajstić information content (AvgIpc) is 3.68. The standard InChI is InChI=1S/C46H81N7O7/c1-16-32(8)41(52(13)46(58)39(29(2)3)49-45(57)40(30(4)5)51(12)31(6)7)37(59-14)28-38(54)53-25-20-23-36(53)42(60-15)33(9)43(55)48-35(27-34-21-18-17-19-22-34)44(56)47-24-26-50(10)11/h17-19,21-22,29-33,35-37,39-42H,16,20,23-28H2,1-15H3,(H,47,56)(H,48,55)(H,49,57)/t32?,33?,35?,36?,37?,39-,40?,41?,42?/m0/s1. The van der Waals surface area contributed by atoms with Gasteiger partial charge in [0.25, 0.3) is 0 Å². The molecule has 342 valence electrons. The van der Waals surface area contributed by atoms with E-state index in [0.717, 1.165) is 18.4 Å². The summed E-state index contributed by atoms with van der Waals surface area (Å²) in [6.45, 7) is 19.4. The van der Waals surface area contributed by atoms with Gasteiger partial charge in [-0.1, -0.05) is 85.2 Å². The van der Waals surface area contributed by atoms with Crippen LogP contribution in [0.4, 0.5) is 0 Å². The first kappa shape index (κ1) is 52.5. The monoisotopic (exact) mass is 844 g/mol. The molecular weight excluding hydrogens is 763 g/mol. The Bertz CT molecular complexity index is 1490. The maximum atomic E-state index is 14.4. The maximum Gasteiger partial charge on any atom is 0.245 e. The quantitative estimate of drug-likeness (QED) is 0.134. The van der Waals surface area contributed by atoms with Crippen LogP contribution in [0.25, 0.3) is 0 Å². The molecule has 1 saturated heterocycles. The molecule has 9 atom stereocenters. The molecule has 0 aliphatic carbocycles. The van der Waals surface area contributed by atoms with Crippen LogP contribution in [0.1, 0.15) is 93.6 Å². The molecule has 3 N–H and O–H groups in total. The van der Waals surface area contributed by atoms with E-state index < -0.39 is 42.3 Å². The van der Waals surface area contributed by atoms with E-state index >= 15 is 0 Å². The Morgan fingerprint density at radius 2 is 1.47 bits per heavy atom. The Balaban J connectivity index is 2.31.